The van der Waals surface area contributed by atoms with Crippen molar-refractivity contribution in [2.75, 3.05) is 16.9 Å². The average molecular weight is 725 g/mol. The highest BCUT2D eigenvalue weighted by molar-refractivity contribution is 6.35. The Morgan fingerprint density at radius 3 is 1.62 bits per heavy atom. The van der Waals surface area contributed by atoms with Gasteiger partial charge in [-0.05, 0) is 118 Å². The van der Waals surface area contributed by atoms with E-state index in [0.29, 0.717) is 16.9 Å². The molecule has 1 aliphatic rings. The van der Waals surface area contributed by atoms with Gasteiger partial charge in [-0.2, -0.15) is 0 Å². The second kappa shape index (κ2) is 15.7. The van der Waals surface area contributed by atoms with Gasteiger partial charge in [-0.25, -0.2) is 24.2 Å². The lowest BCUT2D eigenvalue weighted by Gasteiger charge is -2.28. The third kappa shape index (κ3) is 9.09. The van der Waals surface area contributed by atoms with Crippen LogP contribution in [0.15, 0.2) is 109 Å². The summed E-state index contributed by atoms with van der Waals surface area (Å²) in [5, 5.41) is -1.22. The summed E-state index contributed by atoms with van der Waals surface area (Å²) in [4.78, 5) is 78.0. The third-order valence-electron chi connectivity index (χ3n) is 7.41. The van der Waals surface area contributed by atoms with E-state index in [1.807, 2.05) is 0 Å². The molecular weight excluding hydrogens is 692 g/mol. The molecule has 1 atom stereocenters. The number of imide groups is 2. The predicted octanol–water partition coefficient (Wildman–Crippen LogP) is 6.68. The van der Waals surface area contributed by atoms with E-state index in [0.717, 1.165) is 22.0 Å². The standard InChI is InChI=1S/C39H33ClN2O10/c1-39(2,3)52-38(48)42(28-13-11-27(12-14-28)41-33(43)21-22-34(41)44)35(45)32(40)23-24-5-15-30(16-6-24)50-37(47)26-9-19-31(20-10-26)51-36(46)25-7-17-29(49-4)18-8-25/h5-22,32H,23H2,1-4H3. The molecule has 266 valence electrons. The van der Waals surface area contributed by atoms with Crippen LogP contribution in [0.25, 0.3) is 0 Å². The number of ether oxygens (including phenoxy) is 4. The second-order valence-corrected chi connectivity index (χ2v) is 12.9. The summed E-state index contributed by atoms with van der Waals surface area (Å²) < 4.78 is 21.4. The lowest BCUT2D eigenvalue weighted by Crippen LogP contribution is -2.45. The highest BCUT2D eigenvalue weighted by Gasteiger charge is 2.33. The van der Waals surface area contributed by atoms with Crippen molar-refractivity contribution in [3.05, 3.63) is 126 Å². The van der Waals surface area contributed by atoms with Crippen molar-refractivity contribution < 1.29 is 47.7 Å². The second-order valence-electron chi connectivity index (χ2n) is 12.4. The molecule has 0 fully saturated rings. The lowest BCUT2D eigenvalue weighted by atomic mass is 10.1. The van der Waals surface area contributed by atoms with E-state index in [4.69, 9.17) is 30.5 Å². The molecule has 0 aromatic heterocycles. The quantitative estimate of drug-likeness (QED) is 0.0751. The van der Waals surface area contributed by atoms with Crippen LogP contribution in [0, 0.1) is 0 Å². The Hall–Kier alpha value is -6.27. The first kappa shape index (κ1) is 37.0. The number of methoxy groups -OCH3 is 1. The van der Waals surface area contributed by atoms with Crippen molar-refractivity contribution in [1.29, 1.82) is 0 Å². The first-order valence-corrected chi connectivity index (χ1v) is 16.3. The SMILES string of the molecule is COc1ccc(C(=O)Oc2ccc(C(=O)Oc3ccc(CC(Cl)C(=O)N(C(=O)OC(C)(C)C)c4ccc(N5C(=O)C=CC5=O)cc4)cc3)cc2)cc1. The molecule has 12 nitrogen and oxygen atoms in total. The van der Waals surface area contributed by atoms with Gasteiger partial charge in [0.25, 0.3) is 17.7 Å². The molecule has 13 heteroatoms. The van der Waals surface area contributed by atoms with E-state index in [1.165, 1.54) is 67.8 Å². The van der Waals surface area contributed by atoms with Crippen molar-refractivity contribution >= 4 is 58.7 Å². The summed E-state index contributed by atoms with van der Waals surface area (Å²) in [6.07, 6.45) is 1.34. The number of rotatable bonds is 10. The first-order valence-electron chi connectivity index (χ1n) is 15.9. The zero-order valence-electron chi connectivity index (χ0n) is 28.5. The van der Waals surface area contributed by atoms with E-state index in [2.05, 4.69) is 0 Å². The van der Waals surface area contributed by atoms with Crippen LogP contribution < -0.4 is 24.0 Å². The molecule has 1 unspecified atom stereocenters. The number of anilines is 2. The van der Waals surface area contributed by atoms with E-state index in [9.17, 15) is 28.8 Å². The molecule has 1 aliphatic heterocycles. The average Bonchev–Trinajstić information content (AvgIpc) is 3.46. The van der Waals surface area contributed by atoms with Gasteiger partial charge >= 0.3 is 18.0 Å². The fourth-order valence-electron chi connectivity index (χ4n) is 4.88. The Morgan fingerprint density at radius 2 is 1.15 bits per heavy atom. The fourth-order valence-corrected chi connectivity index (χ4v) is 5.16. The number of amides is 4. The first-order chi connectivity index (χ1) is 24.7. The Morgan fingerprint density at radius 1 is 0.692 bits per heavy atom. The maximum Gasteiger partial charge on any atom is 0.421 e. The molecule has 0 aliphatic carbocycles. The molecule has 0 radical (unpaired) electrons. The van der Waals surface area contributed by atoms with Crippen LogP contribution in [-0.4, -0.2) is 53.8 Å². The van der Waals surface area contributed by atoms with E-state index >= 15 is 0 Å². The largest absolute Gasteiger partial charge is 0.497 e. The maximum atomic E-state index is 13.6. The lowest BCUT2D eigenvalue weighted by molar-refractivity contribution is -0.120. The zero-order valence-corrected chi connectivity index (χ0v) is 29.3. The topological polar surface area (TPSA) is 146 Å². The molecule has 0 saturated heterocycles. The van der Waals surface area contributed by atoms with E-state index in [1.54, 1.807) is 57.2 Å². The molecule has 52 heavy (non-hydrogen) atoms. The highest BCUT2D eigenvalue weighted by atomic mass is 35.5. The van der Waals surface area contributed by atoms with Crippen molar-refractivity contribution in [1.82, 2.24) is 0 Å². The van der Waals surface area contributed by atoms with Gasteiger partial charge in [0, 0.05) is 12.2 Å². The molecule has 4 aromatic carbocycles. The molecule has 0 bridgehead atoms. The number of benzene rings is 4. The normalized spacial score (nSPS) is 13.0. The Kier molecular flexibility index (Phi) is 11.2. The van der Waals surface area contributed by atoms with Crippen molar-refractivity contribution in [2.24, 2.45) is 0 Å². The number of nitrogens with zero attached hydrogens (tertiary/aromatic N) is 2. The van der Waals surface area contributed by atoms with Gasteiger partial charge in [-0.15, -0.1) is 11.6 Å². The number of hydrogen-bond donors (Lipinski definition) is 0. The van der Waals surface area contributed by atoms with Crippen LogP contribution in [0.5, 0.6) is 17.2 Å². The number of alkyl halides is 1. The smallest absolute Gasteiger partial charge is 0.421 e. The van der Waals surface area contributed by atoms with E-state index < -0.39 is 46.7 Å². The van der Waals surface area contributed by atoms with Crippen LogP contribution in [0.1, 0.15) is 47.1 Å². The number of esters is 2. The highest BCUT2D eigenvalue weighted by Crippen LogP contribution is 2.27. The van der Waals surface area contributed by atoms with Crippen molar-refractivity contribution in [3.8, 4) is 17.2 Å². The molecule has 0 saturated carbocycles. The summed E-state index contributed by atoms with van der Waals surface area (Å²) in [5.41, 5.74) is 0.591. The van der Waals surface area contributed by atoms with Crippen molar-refractivity contribution in [2.45, 2.75) is 38.2 Å². The summed E-state index contributed by atoms with van der Waals surface area (Å²) in [5.74, 6) is -1.96. The van der Waals surface area contributed by atoms with E-state index in [-0.39, 0.29) is 34.9 Å². The number of halogens is 1. The Labute approximate surface area is 304 Å². The van der Waals surface area contributed by atoms with Gasteiger partial charge in [-0.3, -0.25) is 14.4 Å². The number of carbonyl (C=O) groups is 6. The molecule has 4 aromatic rings. The minimum atomic E-state index is -1.22. The van der Waals surface area contributed by atoms with Gasteiger partial charge in [0.15, 0.2) is 0 Å². The third-order valence-corrected chi connectivity index (χ3v) is 7.76. The minimum absolute atomic E-state index is 0.00511. The van der Waals surface area contributed by atoms with Crippen LogP contribution >= 0.6 is 11.6 Å². The summed E-state index contributed by atoms with van der Waals surface area (Å²) >= 11 is 6.57. The molecule has 1 heterocycles. The fraction of sp³-hybridized carbons (Fsp3) is 0.179. The van der Waals surface area contributed by atoms with Crippen LogP contribution in [0.4, 0.5) is 16.2 Å². The van der Waals surface area contributed by atoms with Crippen LogP contribution in [0.3, 0.4) is 0 Å². The maximum absolute atomic E-state index is 13.6. The van der Waals surface area contributed by atoms with Crippen LogP contribution in [0.2, 0.25) is 0 Å². The van der Waals surface area contributed by atoms with Gasteiger partial charge in [0.05, 0.1) is 29.6 Å². The van der Waals surface area contributed by atoms with Gasteiger partial charge in [-0.1, -0.05) is 12.1 Å². The molecule has 0 N–H and O–H groups in total. The van der Waals surface area contributed by atoms with Gasteiger partial charge in [0.1, 0.15) is 28.2 Å². The monoisotopic (exact) mass is 724 g/mol. The molecule has 0 spiro atoms. The van der Waals surface area contributed by atoms with Crippen molar-refractivity contribution in [3.63, 3.8) is 0 Å². The van der Waals surface area contributed by atoms with Gasteiger partial charge < -0.3 is 18.9 Å². The zero-order chi connectivity index (χ0) is 37.6. The number of carbonyl (C=O) groups excluding carboxylic acids is 6. The minimum Gasteiger partial charge on any atom is -0.497 e. The molecular formula is C39H33ClN2O10. The molecule has 5 rings (SSSR count). The van der Waals surface area contributed by atoms with Gasteiger partial charge in [0.2, 0.25) is 0 Å². The number of hydrogen-bond acceptors (Lipinski definition) is 10. The summed E-state index contributed by atoms with van der Waals surface area (Å²) in [6, 6.07) is 24.3. The summed E-state index contributed by atoms with van der Waals surface area (Å²) in [6.45, 7) is 4.95. The Bertz CT molecular complexity index is 2000. The predicted molar refractivity (Wildman–Crippen MR) is 191 cm³/mol. The van der Waals surface area contributed by atoms with Crippen LogP contribution in [-0.2, 0) is 25.5 Å². The summed E-state index contributed by atoms with van der Waals surface area (Å²) in [7, 11) is 1.52. The Balaban J connectivity index is 1.21. The molecule has 4 amide bonds.